The second-order valence-electron chi connectivity index (χ2n) is 5.32. The Morgan fingerprint density at radius 2 is 2.24 bits per heavy atom. The lowest BCUT2D eigenvalue weighted by molar-refractivity contribution is -0.124. The summed E-state index contributed by atoms with van der Waals surface area (Å²) in [6.45, 7) is 0. The Bertz CT molecular complexity index is 676. The average molecular weight is 349 g/mol. The van der Waals surface area contributed by atoms with Crippen LogP contribution in [0.3, 0.4) is 0 Å². The second kappa shape index (κ2) is 5.97. The third-order valence-corrected chi connectivity index (χ3v) is 4.53. The molecule has 1 aliphatic rings. The first-order valence-corrected chi connectivity index (χ1v) is 7.87. The molecule has 110 valence electrons. The van der Waals surface area contributed by atoms with Gasteiger partial charge in [0, 0.05) is 22.9 Å². The molecule has 2 unspecified atom stereocenters. The van der Waals surface area contributed by atoms with E-state index in [1.807, 2.05) is 18.2 Å². The van der Waals surface area contributed by atoms with Gasteiger partial charge in [-0.2, -0.15) is 10.2 Å². The number of anilines is 1. The largest absolute Gasteiger partial charge is 0.380 e. The van der Waals surface area contributed by atoms with E-state index in [1.54, 1.807) is 13.2 Å². The molecule has 5 nitrogen and oxygen atoms in total. The Labute approximate surface area is 131 Å². The third-order valence-electron chi connectivity index (χ3n) is 4.04. The Morgan fingerprint density at radius 3 is 3.05 bits per heavy atom. The van der Waals surface area contributed by atoms with Gasteiger partial charge >= 0.3 is 0 Å². The van der Waals surface area contributed by atoms with Gasteiger partial charge in [-0.3, -0.25) is 4.79 Å². The van der Waals surface area contributed by atoms with Crippen molar-refractivity contribution < 1.29 is 4.79 Å². The Kier molecular flexibility index (Phi) is 4.05. The van der Waals surface area contributed by atoms with Crippen LogP contribution in [-0.4, -0.2) is 29.2 Å². The molecule has 2 N–H and O–H groups in total. The maximum atomic E-state index is 11.9. The minimum absolute atomic E-state index is 0.0189. The van der Waals surface area contributed by atoms with E-state index in [-0.39, 0.29) is 17.9 Å². The molecule has 1 aliphatic carbocycles. The molecule has 0 radical (unpaired) electrons. The van der Waals surface area contributed by atoms with E-state index in [2.05, 4.69) is 36.8 Å². The van der Waals surface area contributed by atoms with Crippen molar-refractivity contribution in [1.29, 1.82) is 0 Å². The van der Waals surface area contributed by atoms with Crippen LogP contribution in [-0.2, 0) is 4.79 Å². The normalized spacial score (nSPS) is 21.4. The summed E-state index contributed by atoms with van der Waals surface area (Å²) in [5.41, 5.74) is 1.78. The highest BCUT2D eigenvalue weighted by Gasteiger charge is 2.32. The lowest BCUT2D eigenvalue weighted by Gasteiger charge is -2.21. The number of nitrogens with one attached hydrogen (secondary N) is 2. The minimum Gasteiger partial charge on any atom is -0.380 e. The van der Waals surface area contributed by atoms with Crippen molar-refractivity contribution in [3.8, 4) is 0 Å². The van der Waals surface area contributed by atoms with E-state index < -0.39 is 0 Å². The highest BCUT2D eigenvalue weighted by molar-refractivity contribution is 9.10. The Morgan fingerprint density at radius 1 is 1.38 bits per heavy atom. The number of hydrogen-bond donors (Lipinski definition) is 2. The SMILES string of the molecule is CNC(=O)C1CCCC1Nc1cnnc2ccc(Br)cc12. The van der Waals surface area contributed by atoms with Crippen molar-refractivity contribution in [2.45, 2.75) is 25.3 Å². The van der Waals surface area contributed by atoms with Crippen molar-refractivity contribution in [2.75, 3.05) is 12.4 Å². The van der Waals surface area contributed by atoms with E-state index >= 15 is 0 Å². The highest BCUT2D eigenvalue weighted by atomic mass is 79.9. The predicted octanol–water partition coefficient (Wildman–Crippen LogP) is 2.72. The standard InChI is InChI=1S/C15H17BrN4O/c1-17-15(21)10-3-2-4-12(10)19-14-8-18-20-13-6-5-9(16)7-11(13)14/h5-8,10,12H,2-4H2,1H3,(H,17,21)(H,19,20). The summed E-state index contributed by atoms with van der Waals surface area (Å²) in [7, 11) is 1.69. The summed E-state index contributed by atoms with van der Waals surface area (Å²) in [4.78, 5) is 11.9. The van der Waals surface area contributed by atoms with E-state index in [0.717, 1.165) is 40.3 Å². The van der Waals surface area contributed by atoms with E-state index in [4.69, 9.17) is 0 Å². The van der Waals surface area contributed by atoms with Crippen LogP contribution in [0, 0.1) is 5.92 Å². The number of halogens is 1. The first-order chi connectivity index (χ1) is 10.2. The number of aromatic nitrogens is 2. The molecule has 1 aromatic carbocycles. The molecule has 6 heteroatoms. The zero-order chi connectivity index (χ0) is 14.8. The van der Waals surface area contributed by atoms with Crippen LogP contribution < -0.4 is 10.6 Å². The molecule has 3 rings (SSSR count). The van der Waals surface area contributed by atoms with Crippen LogP contribution in [0.4, 0.5) is 5.69 Å². The molecule has 1 fully saturated rings. The van der Waals surface area contributed by atoms with Gasteiger partial charge in [-0.25, -0.2) is 0 Å². The lowest BCUT2D eigenvalue weighted by atomic mass is 10.0. The fraction of sp³-hybridized carbons (Fsp3) is 0.400. The number of fused-ring (bicyclic) bond motifs is 1. The third kappa shape index (κ3) is 2.85. The smallest absolute Gasteiger partial charge is 0.224 e. The number of hydrogen-bond acceptors (Lipinski definition) is 4. The first kappa shape index (κ1) is 14.3. The van der Waals surface area contributed by atoms with Gasteiger partial charge in [-0.15, -0.1) is 0 Å². The summed E-state index contributed by atoms with van der Waals surface area (Å²) in [6.07, 6.45) is 4.72. The first-order valence-electron chi connectivity index (χ1n) is 7.08. The number of amides is 1. The van der Waals surface area contributed by atoms with Crippen LogP contribution in [0.2, 0.25) is 0 Å². The van der Waals surface area contributed by atoms with E-state index in [0.29, 0.717) is 0 Å². The van der Waals surface area contributed by atoms with Crippen molar-refractivity contribution in [3.05, 3.63) is 28.9 Å². The lowest BCUT2D eigenvalue weighted by Crippen LogP contribution is -2.36. The number of nitrogens with zero attached hydrogens (tertiary/aromatic N) is 2. The molecule has 1 heterocycles. The maximum Gasteiger partial charge on any atom is 0.224 e. The Hall–Kier alpha value is -1.69. The molecule has 21 heavy (non-hydrogen) atoms. The van der Waals surface area contributed by atoms with Gasteiger partial charge in [0.2, 0.25) is 5.91 Å². The molecule has 1 amide bonds. The number of benzene rings is 1. The quantitative estimate of drug-likeness (QED) is 0.894. The molecule has 0 aliphatic heterocycles. The van der Waals surface area contributed by atoms with E-state index in [1.165, 1.54) is 0 Å². The molecule has 2 aromatic rings. The van der Waals surface area contributed by atoms with Crippen LogP contribution in [0.15, 0.2) is 28.9 Å². The zero-order valence-corrected chi connectivity index (χ0v) is 13.4. The van der Waals surface area contributed by atoms with E-state index in [9.17, 15) is 4.79 Å². The zero-order valence-electron chi connectivity index (χ0n) is 11.8. The van der Waals surface area contributed by atoms with Gasteiger partial charge in [-0.1, -0.05) is 22.4 Å². The number of carbonyl (C=O) groups is 1. The number of carbonyl (C=O) groups excluding carboxylic acids is 1. The fourth-order valence-electron chi connectivity index (χ4n) is 2.98. The monoisotopic (exact) mass is 348 g/mol. The average Bonchev–Trinajstić information content (AvgIpc) is 2.95. The summed E-state index contributed by atoms with van der Waals surface area (Å²) < 4.78 is 1.00. The summed E-state index contributed by atoms with van der Waals surface area (Å²) in [6, 6.07) is 6.05. The molecule has 0 bridgehead atoms. The van der Waals surface area contributed by atoms with Crippen molar-refractivity contribution in [2.24, 2.45) is 5.92 Å². The summed E-state index contributed by atoms with van der Waals surface area (Å²) in [5.74, 6) is 0.128. The van der Waals surface area contributed by atoms with Gasteiger partial charge in [-0.05, 0) is 31.0 Å². The predicted molar refractivity (Wildman–Crippen MR) is 86.1 cm³/mol. The second-order valence-corrected chi connectivity index (χ2v) is 6.24. The van der Waals surface area contributed by atoms with Crippen LogP contribution in [0.5, 0.6) is 0 Å². The Balaban J connectivity index is 1.91. The highest BCUT2D eigenvalue weighted by Crippen LogP contribution is 2.31. The molecular formula is C15H17BrN4O. The molecule has 0 spiro atoms. The maximum absolute atomic E-state index is 11.9. The molecule has 1 saturated carbocycles. The van der Waals surface area contributed by atoms with Crippen LogP contribution >= 0.6 is 15.9 Å². The van der Waals surface area contributed by atoms with Gasteiger partial charge in [0.15, 0.2) is 0 Å². The molecule has 2 atom stereocenters. The number of rotatable bonds is 3. The van der Waals surface area contributed by atoms with Crippen molar-refractivity contribution >= 4 is 38.4 Å². The van der Waals surface area contributed by atoms with Gasteiger partial charge < -0.3 is 10.6 Å². The fourth-order valence-corrected chi connectivity index (χ4v) is 3.34. The van der Waals surface area contributed by atoms with Gasteiger partial charge in [0.25, 0.3) is 0 Å². The van der Waals surface area contributed by atoms with Crippen molar-refractivity contribution in [3.63, 3.8) is 0 Å². The topological polar surface area (TPSA) is 66.9 Å². The minimum atomic E-state index is 0.0189. The van der Waals surface area contributed by atoms with Gasteiger partial charge in [0.1, 0.15) is 0 Å². The summed E-state index contributed by atoms with van der Waals surface area (Å²) in [5, 5.41) is 15.4. The molecular weight excluding hydrogens is 332 g/mol. The van der Waals surface area contributed by atoms with Gasteiger partial charge in [0.05, 0.1) is 23.3 Å². The molecule has 1 aromatic heterocycles. The van der Waals surface area contributed by atoms with Crippen LogP contribution in [0.25, 0.3) is 10.9 Å². The molecule has 0 saturated heterocycles. The van der Waals surface area contributed by atoms with Crippen LogP contribution in [0.1, 0.15) is 19.3 Å². The summed E-state index contributed by atoms with van der Waals surface area (Å²) >= 11 is 3.49. The van der Waals surface area contributed by atoms with Crippen molar-refractivity contribution in [1.82, 2.24) is 15.5 Å².